The predicted octanol–water partition coefficient (Wildman–Crippen LogP) is -1.43. The normalized spacial score (nSPS) is 25.6. The van der Waals surface area contributed by atoms with Gasteiger partial charge in [-0.3, -0.25) is 0 Å². The Kier molecular flexibility index (Phi) is 6.89. The van der Waals surface area contributed by atoms with Gasteiger partial charge in [-0.1, -0.05) is 10.9 Å². The van der Waals surface area contributed by atoms with Crippen molar-refractivity contribution in [2.24, 2.45) is 16.6 Å². The Morgan fingerprint density at radius 1 is 1.14 bits per heavy atom. The molecule has 3 atom stereocenters. The average molecular weight is 453 g/mol. The number of nitrogens with zero attached hydrogens (tertiary/aromatic N) is 1. The maximum atomic E-state index is 13.2. The number of hydrogen-bond donors (Lipinski definition) is 3. The van der Waals surface area contributed by atoms with Crippen LogP contribution in [0, 0.1) is 0 Å². The van der Waals surface area contributed by atoms with Gasteiger partial charge >= 0.3 is 16.3 Å². The summed E-state index contributed by atoms with van der Waals surface area (Å²) in [5.74, 6) is -0.645. The Balaban J connectivity index is 2.63. The summed E-state index contributed by atoms with van der Waals surface area (Å²) in [4.78, 5) is 12.1. The second-order valence-electron chi connectivity index (χ2n) is 6.48. The van der Waals surface area contributed by atoms with Gasteiger partial charge in [0.05, 0.1) is 25.2 Å². The van der Waals surface area contributed by atoms with Crippen LogP contribution in [0.5, 0.6) is 5.75 Å². The molecule has 6 N–H and O–H groups in total. The molecule has 0 spiro atoms. The van der Waals surface area contributed by atoms with Crippen molar-refractivity contribution in [1.29, 1.82) is 0 Å². The minimum absolute atomic E-state index is 0.0236. The lowest BCUT2D eigenvalue weighted by atomic mass is 9.75. The van der Waals surface area contributed by atoms with Crippen molar-refractivity contribution < 1.29 is 35.4 Å². The van der Waals surface area contributed by atoms with Crippen LogP contribution in [0.2, 0.25) is 0 Å². The van der Waals surface area contributed by atoms with Gasteiger partial charge in [-0.25, -0.2) is 18.4 Å². The Bertz CT molecular complexity index is 951. The third-order valence-corrected chi connectivity index (χ3v) is 6.86. The average Bonchev–Trinajstić information content (AvgIpc) is 2.67. The van der Waals surface area contributed by atoms with E-state index >= 15 is 0 Å². The summed E-state index contributed by atoms with van der Waals surface area (Å²) >= 11 is 0. The van der Waals surface area contributed by atoms with Gasteiger partial charge in [-0.05, 0) is 37.1 Å². The maximum Gasteiger partial charge on any atom is 0.350 e. The highest BCUT2D eigenvalue weighted by atomic mass is 32.2. The van der Waals surface area contributed by atoms with Gasteiger partial charge in [0.1, 0.15) is 11.3 Å². The van der Waals surface area contributed by atoms with Crippen LogP contribution in [-0.2, 0) is 34.1 Å². The number of carbonyl (C=O) groups is 1. The highest BCUT2D eigenvalue weighted by Gasteiger charge is 2.56. The molecule has 29 heavy (non-hydrogen) atoms. The van der Waals surface area contributed by atoms with Crippen molar-refractivity contribution in [2.45, 2.75) is 41.8 Å². The van der Waals surface area contributed by atoms with Gasteiger partial charge in [0.15, 0.2) is 0 Å². The maximum absolute atomic E-state index is 13.2. The number of hydrogen-bond acceptors (Lipinski definition) is 10. The summed E-state index contributed by atoms with van der Waals surface area (Å²) in [6.07, 6.45) is 0.614. The second-order valence-corrected chi connectivity index (χ2v) is 9.40. The molecule has 0 saturated heterocycles. The molecule has 164 valence electrons. The van der Waals surface area contributed by atoms with E-state index in [0.29, 0.717) is 12.2 Å². The molecule has 0 heterocycles. The van der Waals surface area contributed by atoms with E-state index in [1.807, 2.05) is 0 Å². The van der Waals surface area contributed by atoms with Gasteiger partial charge in [-0.2, -0.15) is 8.42 Å². The summed E-state index contributed by atoms with van der Waals surface area (Å²) in [7, 11) is -7.00. The Labute approximate surface area is 169 Å². The van der Waals surface area contributed by atoms with Crippen LogP contribution in [0.4, 0.5) is 0 Å². The van der Waals surface area contributed by atoms with Crippen molar-refractivity contribution in [3.8, 4) is 5.75 Å². The number of nitrogens with two attached hydrogens (primary N) is 3. The summed E-state index contributed by atoms with van der Waals surface area (Å²) < 4.78 is 64.1. The van der Waals surface area contributed by atoms with E-state index in [0.717, 1.165) is 7.11 Å². The second kappa shape index (κ2) is 8.51. The zero-order chi connectivity index (χ0) is 22.0. The standard InChI is InChI=1S/C15H24N4O8S2/c1-25-10-6-8-11(9-7-10)28(21,22)19(27-29(18,23)24)13-5-3-4-12(16)15(13,17)14(20)26-2/h6-9,12-13H,3-5,16-17H2,1-2H3,(H2,18,23,24)/t12-,13+,15+/m0/s1. The Hall–Kier alpha value is -1.81. The third-order valence-electron chi connectivity index (χ3n) is 4.72. The van der Waals surface area contributed by atoms with Gasteiger partial charge in [0.25, 0.3) is 10.0 Å². The zero-order valence-corrected chi connectivity index (χ0v) is 17.5. The molecule has 0 unspecified atom stereocenters. The minimum atomic E-state index is -4.80. The quantitative estimate of drug-likeness (QED) is 0.326. The molecule has 0 aromatic heterocycles. The van der Waals surface area contributed by atoms with Crippen LogP contribution in [0.3, 0.4) is 0 Å². The van der Waals surface area contributed by atoms with Gasteiger partial charge < -0.3 is 20.9 Å². The molecule has 2 rings (SSSR count). The lowest BCUT2D eigenvalue weighted by molar-refractivity contribution is -0.156. The van der Waals surface area contributed by atoms with E-state index in [1.165, 1.54) is 31.4 Å². The van der Waals surface area contributed by atoms with E-state index in [9.17, 15) is 21.6 Å². The van der Waals surface area contributed by atoms with Crippen molar-refractivity contribution >= 4 is 26.3 Å². The van der Waals surface area contributed by atoms with Crippen LogP contribution < -0.4 is 21.3 Å². The van der Waals surface area contributed by atoms with E-state index in [1.54, 1.807) is 0 Å². The van der Waals surface area contributed by atoms with E-state index < -0.39 is 43.9 Å². The summed E-state index contributed by atoms with van der Waals surface area (Å²) in [5, 5.41) is 4.93. The molecule has 1 fully saturated rings. The highest BCUT2D eigenvalue weighted by Crippen LogP contribution is 2.35. The van der Waals surface area contributed by atoms with Crippen LogP contribution in [-0.4, -0.2) is 59.1 Å². The molecule has 1 aliphatic rings. The molecule has 12 nitrogen and oxygen atoms in total. The smallest absolute Gasteiger partial charge is 0.350 e. The number of methoxy groups -OCH3 is 2. The van der Waals surface area contributed by atoms with E-state index in [-0.39, 0.29) is 22.2 Å². The summed E-state index contributed by atoms with van der Waals surface area (Å²) in [6, 6.07) is 2.53. The monoisotopic (exact) mass is 452 g/mol. The first-order chi connectivity index (χ1) is 13.4. The van der Waals surface area contributed by atoms with Crippen LogP contribution >= 0.6 is 0 Å². The number of carbonyl (C=O) groups excluding carboxylic acids is 1. The lowest BCUT2D eigenvalue weighted by Crippen LogP contribution is -2.74. The number of esters is 1. The van der Waals surface area contributed by atoms with Gasteiger partial charge in [0.2, 0.25) is 0 Å². The third kappa shape index (κ3) is 4.69. The van der Waals surface area contributed by atoms with E-state index in [2.05, 4.69) is 4.28 Å². The van der Waals surface area contributed by atoms with Crippen molar-refractivity contribution in [3.05, 3.63) is 24.3 Å². The Morgan fingerprint density at radius 2 is 1.72 bits per heavy atom. The molecule has 0 amide bonds. The summed E-state index contributed by atoms with van der Waals surface area (Å²) in [6.45, 7) is 0. The molecular formula is C15H24N4O8S2. The fraction of sp³-hybridized carbons (Fsp3) is 0.533. The number of rotatable bonds is 7. The number of benzene rings is 1. The molecule has 1 aromatic carbocycles. The molecule has 1 aliphatic carbocycles. The van der Waals surface area contributed by atoms with E-state index in [4.69, 9.17) is 26.1 Å². The molecule has 14 heteroatoms. The SMILES string of the molecule is COC(=O)[C@@]1(N)[C@@H](N)CCC[C@H]1N(OS(N)(=O)=O)S(=O)(=O)c1ccc(OC)cc1. The molecular weight excluding hydrogens is 428 g/mol. The largest absolute Gasteiger partial charge is 0.497 e. The van der Waals surface area contributed by atoms with Gasteiger partial charge in [0, 0.05) is 6.04 Å². The highest BCUT2D eigenvalue weighted by molar-refractivity contribution is 7.90. The first kappa shape index (κ1) is 23.5. The van der Waals surface area contributed by atoms with Crippen molar-refractivity contribution in [3.63, 3.8) is 0 Å². The number of ether oxygens (including phenoxy) is 2. The lowest BCUT2D eigenvalue weighted by Gasteiger charge is -2.45. The van der Waals surface area contributed by atoms with Crippen LogP contribution in [0.15, 0.2) is 29.2 Å². The van der Waals surface area contributed by atoms with Gasteiger partial charge in [-0.15, -0.1) is 4.28 Å². The topological polar surface area (TPSA) is 194 Å². The predicted molar refractivity (Wildman–Crippen MR) is 101 cm³/mol. The van der Waals surface area contributed by atoms with Crippen molar-refractivity contribution in [2.75, 3.05) is 14.2 Å². The first-order valence-electron chi connectivity index (χ1n) is 8.41. The molecule has 1 aromatic rings. The fourth-order valence-electron chi connectivity index (χ4n) is 3.21. The molecule has 0 aliphatic heterocycles. The number of hydroxylamine groups is 1. The first-order valence-corrected chi connectivity index (χ1v) is 11.3. The van der Waals surface area contributed by atoms with Crippen LogP contribution in [0.25, 0.3) is 0 Å². The minimum Gasteiger partial charge on any atom is -0.497 e. The fourth-order valence-corrected chi connectivity index (χ4v) is 5.40. The van der Waals surface area contributed by atoms with Crippen LogP contribution in [0.1, 0.15) is 19.3 Å². The van der Waals surface area contributed by atoms with Crippen molar-refractivity contribution in [1.82, 2.24) is 4.47 Å². The summed E-state index contributed by atoms with van der Waals surface area (Å²) in [5.41, 5.74) is 10.1. The Morgan fingerprint density at radius 3 is 2.21 bits per heavy atom. The zero-order valence-electron chi connectivity index (χ0n) is 15.8. The molecule has 0 bridgehead atoms. The molecule has 1 saturated carbocycles. The number of sulfonamides is 1. The molecule has 0 radical (unpaired) electrons.